The van der Waals surface area contributed by atoms with Gasteiger partial charge in [0.05, 0.1) is 16.6 Å². The van der Waals surface area contributed by atoms with E-state index in [0.29, 0.717) is 17.2 Å². The number of fused-ring (bicyclic) bond motifs is 3. The lowest BCUT2D eigenvalue weighted by atomic mass is 10.1. The molecule has 0 bridgehead atoms. The number of ether oxygens (including phenoxy) is 1. The van der Waals surface area contributed by atoms with Crippen LogP contribution in [0.2, 0.25) is 5.02 Å². The Labute approximate surface area is 204 Å². The third kappa shape index (κ3) is 4.42. The topological polar surface area (TPSA) is 56.8 Å². The van der Waals surface area contributed by atoms with E-state index in [2.05, 4.69) is 39.3 Å². The van der Waals surface area contributed by atoms with Gasteiger partial charge in [0.2, 0.25) is 0 Å². The van der Waals surface area contributed by atoms with Gasteiger partial charge in [0.15, 0.2) is 5.65 Å². The number of para-hydroxylation sites is 2. The summed E-state index contributed by atoms with van der Waals surface area (Å²) < 4.78 is 8.05. The summed E-state index contributed by atoms with van der Waals surface area (Å²) in [5.74, 6) is 1.97. The molecule has 0 saturated carbocycles. The Hall–Kier alpha value is -3.27. The molecule has 3 heterocycles. The maximum absolute atomic E-state index is 9.94. The van der Waals surface area contributed by atoms with Crippen molar-refractivity contribution in [3.05, 3.63) is 70.7 Å². The first-order chi connectivity index (χ1) is 16.7. The highest BCUT2D eigenvalue weighted by atomic mass is 35.5. The third-order valence-electron chi connectivity index (χ3n) is 6.46. The molecule has 174 valence electrons. The molecule has 0 spiro atoms. The first-order valence-corrected chi connectivity index (χ1v) is 12.2. The molecule has 2 aromatic carbocycles. The lowest BCUT2D eigenvalue weighted by molar-refractivity contribution is 0.200. The number of nitriles is 1. The standard InChI is InChI=1S/C27H28ClN5O/c1-2-5-20-18-26(33-25-7-4-3-6-24(25)30-27(33)23(20)19-29)32-14-12-31(13-15-32)16-17-34-22-10-8-21(28)9-11-22/h3-4,6-11,18H,2,5,12-17H2,1H3. The number of aryl methyl sites for hydroxylation is 1. The quantitative estimate of drug-likeness (QED) is 0.371. The van der Waals surface area contributed by atoms with E-state index in [0.717, 1.165) is 79.4 Å². The van der Waals surface area contributed by atoms with Crippen molar-refractivity contribution in [1.82, 2.24) is 14.3 Å². The summed E-state index contributed by atoms with van der Waals surface area (Å²) in [6.07, 6.45) is 1.86. The van der Waals surface area contributed by atoms with Crippen LogP contribution in [0.15, 0.2) is 54.6 Å². The first kappa shape index (κ1) is 22.5. The van der Waals surface area contributed by atoms with Crippen LogP contribution in [0.3, 0.4) is 0 Å². The minimum Gasteiger partial charge on any atom is -0.492 e. The SMILES string of the molecule is CCCc1cc(N2CCN(CCOc3ccc(Cl)cc3)CC2)n2c(nc3ccccc32)c1C#N. The Morgan fingerprint density at radius 1 is 1.06 bits per heavy atom. The molecule has 7 heteroatoms. The van der Waals surface area contributed by atoms with Gasteiger partial charge in [-0.05, 0) is 54.4 Å². The summed E-state index contributed by atoms with van der Waals surface area (Å²) in [6.45, 7) is 7.43. The molecule has 6 nitrogen and oxygen atoms in total. The van der Waals surface area contributed by atoms with Crippen molar-refractivity contribution in [3.63, 3.8) is 0 Å². The minimum absolute atomic E-state index is 0.648. The average Bonchev–Trinajstić information content (AvgIpc) is 3.25. The molecule has 4 aromatic rings. The highest BCUT2D eigenvalue weighted by Crippen LogP contribution is 2.30. The molecule has 0 amide bonds. The molecule has 1 saturated heterocycles. The fourth-order valence-electron chi connectivity index (χ4n) is 4.71. The van der Waals surface area contributed by atoms with E-state index in [4.69, 9.17) is 21.3 Å². The smallest absolute Gasteiger partial charge is 0.157 e. The number of pyridine rings is 1. The van der Waals surface area contributed by atoms with Crippen LogP contribution in [0.5, 0.6) is 5.75 Å². The Morgan fingerprint density at radius 2 is 1.82 bits per heavy atom. The van der Waals surface area contributed by atoms with Gasteiger partial charge in [0.1, 0.15) is 24.2 Å². The van der Waals surface area contributed by atoms with Crippen molar-refractivity contribution < 1.29 is 4.74 Å². The molecule has 1 fully saturated rings. The zero-order valence-corrected chi connectivity index (χ0v) is 20.1. The monoisotopic (exact) mass is 473 g/mol. The second kappa shape index (κ2) is 9.92. The molecule has 0 unspecified atom stereocenters. The zero-order valence-electron chi connectivity index (χ0n) is 19.4. The average molecular weight is 474 g/mol. The van der Waals surface area contributed by atoms with Crippen molar-refractivity contribution >= 4 is 34.1 Å². The van der Waals surface area contributed by atoms with Gasteiger partial charge in [-0.25, -0.2) is 4.98 Å². The first-order valence-electron chi connectivity index (χ1n) is 11.9. The second-order valence-electron chi connectivity index (χ2n) is 8.66. The maximum atomic E-state index is 9.94. The van der Waals surface area contributed by atoms with Gasteiger partial charge in [0, 0.05) is 37.7 Å². The van der Waals surface area contributed by atoms with Crippen LogP contribution in [0.1, 0.15) is 24.5 Å². The van der Waals surface area contributed by atoms with Crippen LogP contribution < -0.4 is 9.64 Å². The largest absolute Gasteiger partial charge is 0.492 e. The Morgan fingerprint density at radius 3 is 2.56 bits per heavy atom. The van der Waals surface area contributed by atoms with E-state index in [1.165, 1.54) is 0 Å². The van der Waals surface area contributed by atoms with Gasteiger partial charge in [0.25, 0.3) is 0 Å². The summed E-state index contributed by atoms with van der Waals surface area (Å²) in [5.41, 5.74) is 4.52. The number of anilines is 1. The van der Waals surface area contributed by atoms with Crippen molar-refractivity contribution in [2.75, 3.05) is 44.2 Å². The van der Waals surface area contributed by atoms with Crippen LogP contribution in [-0.4, -0.2) is 53.6 Å². The Balaban J connectivity index is 1.35. The molecule has 1 aliphatic heterocycles. The number of benzene rings is 2. The minimum atomic E-state index is 0.648. The van der Waals surface area contributed by atoms with Crippen molar-refractivity contribution in [1.29, 1.82) is 5.26 Å². The molecule has 2 aromatic heterocycles. The van der Waals surface area contributed by atoms with Crippen molar-refractivity contribution in [2.24, 2.45) is 0 Å². The molecule has 34 heavy (non-hydrogen) atoms. The van der Waals surface area contributed by atoms with E-state index >= 15 is 0 Å². The highest BCUT2D eigenvalue weighted by Gasteiger charge is 2.23. The second-order valence-corrected chi connectivity index (χ2v) is 9.09. The van der Waals surface area contributed by atoms with Crippen LogP contribution in [0, 0.1) is 11.3 Å². The predicted octanol–water partition coefficient (Wildman–Crippen LogP) is 5.17. The van der Waals surface area contributed by atoms with E-state index in [9.17, 15) is 5.26 Å². The zero-order chi connectivity index (χ0) is 23.5. The normalized spacial score (nSPS) is 14.6. The molecular formula is C27H28ClN5O. The molecule has 0 aliphatic carbocycles. The van der Waals surface area contributed by atoms with Crippen LogP contribution in [0.4, 0.5) is 5.82 Å². The van der Waals surface area contributed by atoms with E-state index < -0.39 is 0 Å². The number of imidazole rings is 1. The van der Waals surface area contributed by atoms with Crippen LogP contribution in [-0.2, 0) is 6.42 Å². The number of rotatable bonds is 7. The fourth-order valence-corrected chi connectivity index (χ4v) is 4.83. The summed E-state index contributed by atoms with van der Waals surface area (Å²) in [5, 5.41) is 10.7. The van der Waals surface area contributed by atoms with E-state index in [-0.39, 0.29) is 0 Å². The van der Waals surface area contributed by atoms with E-state index in [1.807, 2.05) is 42.5 Å². The van der Waals surface area contributed by atoms with Gasteiger partial charge >= 0.3 is 0 Å². The number of nitrogens with zero attached hydrogens (tertiary/aromatic N) is 5. The number of aromatic nitrogens is 2. The number of hydrogen-bond acceptors (Lipinski definition) is 5. The molecule has 1 aliphatic rings. The van der Waals surface area contributed by atoms with Crippen molar-refractivity contribution in [2.45, 2.75) is 19.8 Å². The fraction of sp³-hybridized carbons (Fsp3) is 0.333. The predicted molar refractivity (Wildman–Crippen MR) is 137 cm³/mol. The highest BCUT2D eigenvalue weighted by molar-refractivity contribution is 6.30. The lowest BCUT2D eigenvalue weighted by Crippen LogP contribution is -2.48. The third-order valence-corrected chi connectivity index (χ3v) is 6.71. The summed E-state index contributed by atoms with van der Waals surface area (Å²) >= 11 is 5.95. The molecule has 0 N–H and O–H groups in total. The molecule has 5 rings (SSSR count). The maximum Gasteiger partial charge on any atom is 0.157 e. The summed E-state index contributed by atoms with van der Waals surface area (Å²) in [6, 6.07) is 20.3. The van der Waals surface area contributed by atoms with Crippen LogP contribution in [0.25, 0.3) is 16.7 Å². The molecule has 0 atom stereocenters. The number of halogens is 1. The van der Waals surface area contributed by atoms with E-state index in [1.54, 1.807) is 0 Å². The summed E-state index contributed by atoms with van der Waals surface area (Å²) in [7, 11) is 0. The summed E-state index contributed by atoms with van der Waals surface area (Å²) in [4.78, 5) is 9.72. The van der Waals surface area contributed by atoms with Gasteiger partial charge < -0.3 is 9.64 Å². The van der Waals surface area contributed by atoms with Gasteiger partial charge in [-0.15, -0.1) is 0 Å². The Bertz CT molecular complexity index is 1330. The van der Waals surface area contributed by atoms with Gasteiger partial charge in [-0.2, -0.15) is 5.26 Å². The van der Waals surface area contributed by atoms with Gasteiger partial charge in [-0.3, -0.25) is 9.30 Å². The van der Waals surface area contributed by atoms with Crippen molar-refractivity contribution in [3.8, 4) is 11.8 Å². The van der Waals surface area contributed by atoms with Crippen LogP contribution >= 0.6 is 11.6 Å². The number of hydrogen-bond donors (Lipinski definition) is 0. The number of piperazine rings is 1. The Kier molecular flexibility index (Phi) is 6.57. The molecular weight excluding hydrogens is 446 g/mol. The van der Waals surface area contributed by atoms with Gasteiger partial charge in [-0.1, -0.05) is 37.1 Å². The lowest BCUT2D eigenvalue weighted by Gasteiger charge is -2.36. The molecule has 0 radical (unpaired) electrons.